The van der Waals surface area contributed by atoms with Crippen molar-refractivity contribution in [1.82, 2.24) is 9.88 Å². The summed E-state index contributed by atoms with van der Waals surface area (Å²) in [6, 6.07) is 16.8. The van der Waals surface area contributed by atoms with Gasteiger partial charge in [0.15, 0.2) is 17.3 Å². The Morgan fingerprint density at radius 3 is 2.44 bits per heavy atom. The first kappa shape index (κ1) is 21.6. The van der Waals surface area contributed by atoms with Crippen LogP contribution in [0.5, 0.6) is 17.2 Å². The van der Waals surface area contributed by atoms with E-state index in [1.165, 1.54) is 12.1 Å². The lowest BCUT2D eigenvalue weighted by atomic mass is 9.74. The fourth-order valence-electron chi connectivity index (χ4n) is 4.24. The highest BCUT2D eigenvalue weighted by Gasteiger charge is 2.44. The average molecular weight is 431 g/mol. The molecule has 0 amide bonds. The van der Waals surface area contributed by atoms with Gasteiger partial charge in [0.05, 0.1) is 11.7 Å². The monoisotopic (exact) mass is 430 g/mol. The van der Waals surface area contributed by atoms with E-state index in [-0.39, 0.29) is 29.1 Å². The van der Waals surface area contributed by atoms with Crippen molar-refractivity contribution in [2.75, 3.05) is 6.54 Å². The molecule has 1 aliphatic rings. The first-order chi connectivity index (χ1) is 15.2. The number of carbonyl (C=O) groups is 1. The van der Waals surface area contributed by atoms with Gasteiger partial charge in [-0.05, 0) is 53.6 Å². The molecule has 6 nitrogen and oxygen atoms in total. The summed E-state index contributed by atoms with van der Waals surface area (Å²) in [4.78, 5) is 20.1. The van der Waals surface area contributed by atoms with E-state index < -0.39 is 5.41 Å². The third-order valence-electron chi connectivity index (χ3n) is 5.76. The molecule has 32 heavy (non-hydrogen) atoms. The predicted octanol–water partition coefficient (Wildman–Crippen LogP) is 4.43. The number of piperidine rings is 1. The third-order valence-corrected chi connectivity index (χ3v) is 5.76. The average Bonchev–Trinajstić information content (AvgIpc) is 2.76. The van der Waals surface area contributed by atoms with E-state index in [1.54, 1.807) is 24.4 Å². The van der Waals surface area contributed by atoms with Gasteiger partial charge >= 0.3 is 0 Å². The minimum Gasteiger partial charge on any atom is -0.508 e. The fourth-order valence-corrected chi connectivity index (χ4v) is 4.24. The minimum atomic E-state index is -0.632. The van der Waals surface area contributed by atoms with Gasteiger partial charge in [-0.3, -0.25) is 14.7 Å². The summed E-state index contributed by atoms with van der Waals surface area (Å²) in [7, 11) is 0. The summed E-state index contributed by atoms with van der Waals surface area (Å²) in [6.07, 6.45) is 3.53. The Labute approximate surface area is 187 Å². The van der Waals surface area contributed by atoms with Crippen LogP contribution in [0.1, 0.15) is 36.7 Å². The molecule has 0 spiro atoms. The van der Waals surface area contributed by atoms with Gasteiger partial charge < -0.3 is 15.3 Å². The zero-order valence-corrected chi connectivity index (χ0v) is 18.1. The molecule has 1 aromatic heterocycles. The maximum Gasteiger partial charge on any atom is 0.167 e. The lowest BCUT2D eigenvalue weighted by Gasteiger charge is -2.44. The third kappa shape index (κ3) is 4.36. The van der Waals surface area contributed by atoms with E-state index >= 15 is 0 Å². The number of hydrogen-bond donors (Lipinski definition) is 3. The van der Waals surface area contributed by atoms with E-state index in [1.807, 2.05) is 50.3 Å². The molecule has 1 unspecified atom stereocenters. The molecular weight excluding hydrogens is 404 g/mol. The molecule has 3 N–H and O–H groups in total. The number of ketones is 1. The van der Waals surface area contributed by atoms with Crippen LogP contribution in [-0.2, 0) is 11.3 Å². The lowest BCUT2D eigenvalue weighted by molar-refractivity contribution is -0.128. The number of nitrogens with zero attached hydrogens (tertiary/aromatic N) is 2. The van der Waals surface area contributed by atoms with E-state index in [4.69, 9.17) is 0 Å². The van der Waals surface area contributed by atoms with Crippen molar-refractivity contribution in [3.8, 4) is 17.2 Å². The van der Waals surface area contributed by atoms with Gasteiger partial charge in [-0.2, -0.15) is 0 Å². The second-order valence-corrected chi connectivity index (χ2v) is 8.79. The first-order valence-corrected chi connectivity index (χ1v) is 10.5. The molecule has 2 heterocycles. The second-order valence-electron chi connectivity index (χ2n) is 8.79. The van der Waals surface area contributed by atoms with Gasteiger partial charge in [-0.1, -0.05) is 38.1 Å². The normalized spacial score (nSPS) is 19.9. The minimum absolute atomic E-state index is 0.0473. The second kappa shape index (κ2) is 8.48. The van der Waals surface area contributed by atoms with Crippen LogP contribution >= 0.6 is 0 Å². The van der Waals surface area contributed by atoms with Crippen LogP contribution in [0.3, 0.4) is 0 Å². The highest BCUT2D eigenvalue weighted by molar-refractivity contribution is 6.05. The van der Waals surface area contributed by atoms with E-state index in [2.05, 4.69) is 9.88 Å². The Morgan fingerprint density at radius 1 is 1.03 bits per heavy atom. The Kier molecular flexibility index (Phi) is 5.72. The summed E-state index contributed by atoms with van der Waals surface area (Å²) < 4.78 is 0. The summed E-state index contributed by atoms with van der Waals surface area (Å²) in [6.45, 7) is 4.81. The smallest absolute Gasteiger partial charge is 0.167 e. The number of carbonyl (C=O) groups excluding carboxylic acids is 1. The number of aromatic hydroxyl groups is 3. The number of pyridine rings is 1. The van der Waals surface area contributed by atoms with Gasteiger partial charge in [-0.25, -0.2) is 0 Å². The van der Waals surface area contributed by atoms with Crippen LogP contribution in [0.4, 0.5) is 0 Å². The molecule has 4 rings (SSSR count). The van der Waals surface area contributed by atoms with Crippen LogP contribution in [-0.4, -0.2) is 37.5 Å². The van der Waals surface area contributed by atoms with E-state index in [0.29, 0.717) is 24.4 Å². The summed E-state index contributed by atoms with van der Waals surface area (Å²) >= 11 is 0. The van der Waals surface area contributed by atoms with Crippen molar-refractivity contribution in [2.45, 2.75) is 26.4 Å². The van der Waals surface area contributed by atoms with Crippen LogP contribution in [0.2, 0.25) is 0 Å². The van der Waals surface area contributed by atoms with Gasteiger partial charge in [0.1, 0.15) is 5.75 Å². The highest BCUT2D eigenvalue weighted by Crippen LogP contribution is 2.43. The molecule has 1 saturated heterocycles. The first-order valence-electron chi connectivity index (χ1n) is 10.5. The van der Waals surface area contributed by atoms with Gasteiger partial charge in [0.2, 0.25) is 0 Å². The fraction of sp³-hybridized carbons (Fsp3) is 0.231. The molecule has 2 aromatic carbocycles. The van der Waals surface area contributed by atoms with Crippen molar-refractivity contribution >= 4 is 11.9 Å². The zero-order valence-electron chi connectivity index (χ0n) is 18.1. The maximum absolute atomic E-state index is 13.6. The SMILES string of the molecule is CC1(C)CN(Cc2ccc(O)c(O)c2)C(c2ccc(O)cc2)/C(=C\c2ccccn2)C1=O. The maximum atomic E-state index is 13.6. The van der Waals surface area contributed by atoms with Gasteiger partial charge in [-0.15, -0.1) is 0 Å². The van der Waals surface area contributed by atoms with Crippen LogP contribution in [0.15, 0.2) is 72.4 Å². The number of phenolic OH excluding ortho intramolecular Hbond substituents is 3. The van der Waals surface area contributed by atoms with Crippen molar-refractivity contribution in [3.63, 3.8) is 0 Å². The molecular formula is C26H26N2O4. The number of likely N-dealkylation sites (tertiary alicyclic amines) is 1. The van der Waals surface area contributed by atoms with Gasteiger partial charge in [0.25, 0.3) is 0 Å². The number of phenols is 3. The van der Waals surface area contributed by atoms with Crippen molar-refractivity contribution < 1.29 is 20.1 Å². The molecule has 0 aliphatic carbocycles. The van der Waals surface area contributed by atoms with Crippen molar-refractivity contribution in [3.05, 3.63) is 89.3 Å². The molecule has 6 heteroatoms. The quantitative estimate of drug-likeness (QED) is 0.419. The van der Waals surface area contributed by atoms with Crippen LogP contribution in [0.25, 0.3) is 6.08 Å². The van der Waals surface area contributed by atoms with Gasteiger partial charge in [0, 0.05) is 30.3 Å². The molecule has 0 radical (unpaired) electrons. The zero-order chi connectivity index (χ0) is 22.9. The Morgan fingerprint density at radius 2 is 1.78 bits per heavy atom. The predicted molar refractivity (Wildman–Crippen MR) is 122 cm³/mol. The number of aromatic nitrogens is 1. The van der Waals surface area contributed by atoms with E-state index in [0.717, 1.165) is 11.1 Å². The Balaban J connectivity index is 1.83. The lowest BCUT2D eigenvalue weighted by Crippen LogP contribution is -2.49. The molecule has 3 aromatic rings. The molecule has 1 fully saturated rings. The molecule has 0 saturated carbocycles. The molecule has 0 bridgehead atoms. The molecule has 1 atom stereocenters. The highest BCUT2D eigenvalue weighted by atomic mass is 16.3. The van der Waals surface area contributed by atoms with E-state index in [9.17, 15) is 20.1 Å². The number of benzene rings is 2. The Bertz CT molecular complexity index is 1150. The molecule has 1 aliphatic heterocycles. The number of rotatable bonds is 4. The number of Topliss-reactive ketones (excluding diaryl/α,β-unsaturated/α-hetero) is 1. The Hall–Kier alpha value is -3.64. The van der Waals surface area contributed by atoms with Crippen LogP contribution in [0, 0.1) is 5.41 Å². The standard InChI is InChI=1S/C26H26N2O4/c1-26(2)16-28(15-17-6-11-22(30)23(31)13-17)24(18-7-9-20(29)10-8-18)21(25(26)32)14-19-5-3-4-12-27-19/h3-14,24,29-31H,15-16H2,1-2H3/b21-14+. The molecule has 164 valence electrons. The number of hydrogen-bond acceptors (Lipinski definition) is 6. The summed E-state index contributed by atoms with van der Waals surface area (Å²) in [5.74, 6) is -0.151. The summed E-state index contributed by atoms with van der Waals surface area (Å²) in [5, 5.41) is 29.4. The van der Waals surface area contributed by atoms with Crippen LogP contribution < -0.4 is 0 Å². The topological polar surface area (TPSA) is 93.9 Å². The summed E-state index contributed by atoms with van der Waals surface area (Å²) in [5.41, 5.74) is 2.36. The van der Waals surface area contributed by atoms with Crippen molar-refractivity contribution in [1.29, 1.82) is 0 Å². The largest absolute Gasteiger partial charge is 0.508 e. The van der Waals surface area contributed by atoms with Crippen molar-refractivity contribution in [2.24, 2.45) is 5.41 Å².